The summed E-state index contributed by atoms with van der Waals surface area (Å²) in [5.74, 6) is 8.12. The molecule has 0 aliphatic carbocycles. The molecule has 0 aliphatic heterocycles. The fourth-order valence-corrected chi connectivity index (χ4v) is 1.37. The largest absolute Gasteiger partial charge is 0.378 e. The molecule has 0 fully saturated rings. The van der Waals surface area contributed by atoms with E-state index in [1.165, 1.54) is 11.3 Å². The van der Waals surface area contributed by atoms with Gasteiger partial charge in [0, 0.05) is 0 Å². The monoisotopic (exact) mass is 190 g/mol. The molecule has 13 heavy (non-hydrogen) atoms. The van der Waals surface area contributed by atoms with Crippen LogP contribution in [0.2, 0.25) is 0 Å². The van der Waals surface area contributed by atoms with Gasteiger partial charge < -0.3 is 5.11 Å². The average molecular weight is 190 g/mol. The third-order valence-corrected chi connectivity index (χ3v) is 2.17. The number of thiophene rings is 1. The molecule has 0 saturated heterocycles. The van der Waals surface area contributed by atoms with Gasteiger partial charge in [0.05, 0.1) is 9.75 Å². The second-order valence-corrected chi connectivity index (χ2v) is 4.20. The van der Waals surface area contributed by atoms with Crippen LogP contribution in [-0.4, -0.2) is 10.7 Å². The molecular formula is C11H10OS. The Morgan fingerprint density at radius 1 is 1.38 bits per heavy atom. The smallest absolute Gasteiger partial charge is 0.120 e. The van der Waals surface area contributed by atoms with E-state index in [4.69, 9.17) is 6.42 Å². The SMILES string of the molecule is C#Cc1ccc(C#CC(C)(C)O)s1. The molecule has 1 aromatic rings. The Kier molecular flexibility index (Phi) is 2.78. The van der Waals surface area contributed by atoms with Gasteiger partial charge in [-0.15, -0.1) is 17.8 Å². The van der Waals surface area contributed by atoms with Crippen LogP contribution in [0.3, 0.4) is 0 Å². The molecule has 1 nitrogen and oxygen atoms in total. The Balaban J connectivity index is 2.86. The van der Waals surface area contributed by atoms with Crippen molar-refractivity contribution in [3.8, 4) is 24.2 Å². The number of hydrogen-bond acceptors (Lipinski definition) is 2. The Bertz CT molecular complexity index is 390. The van der Waals surface area contributed by atoms with Gasteiger partial charge in [-0.25, -0.2) is 0 Å². The molecular weight excluding hydrogens is 180 g/mol. The second kappa shape index (κ2) is 3.66. The Morgan fingerprint density at radius 3 is 2.46 bits per heavy atom. The lowest BCUT2D eigenvalue weighted by Crippen LogP contribution is -2.14. The number of hydrogen-bond donors (Lipinski definition) is 1. The van der Waals surface area contributed by atoms with Crippen LogP contribution in [0.4, 0.5) is 0 Å². The standard InChI is InChI=1S/C11H10OS/c1-4-9-5-6-10(13-9)7-8-11(2,3)12/h1,5-6,12H,2-3H3. The molecule has 2 heteroatoms. The summed E-state index contributed by atoms with van der Waals surface area (Å²) < 4.78 is 0. The van der Waals surface area contributed by atoms with Crippen molar-refractivity contribution in [2.45, 2.75) is 19.4 Å². The summed E-state index contributed by atoms with van der Waals surface area (Å²) in [6.07, 6.45) is 5.21. The lowest BCUT2D eigenvalue weighted by molar-refractivity contribution is 0.143. The molecule has 0 saturated carbocycles. The molecule has 1 heterocycles. The van der Waals surface area contributed by atoms with Crippen molar-refractivity contribution in [3.63, 3.8) is 0 Å². The lowest BCUT2D eigenvalue weighted by atomic mass is 10.1. The van der Waals surface area contributed by atoms with Crippen molar-refractivity contribution in [1.82, 2.24) is 0 Å². The van der Waals surface area contributed by atoms with E-state index in [-0.39, 0.29) is 0 Å². The molecule has 0 aromatic carbocycles. The number of terminal acetylenes is 1. The zero-order valence-corrected chi connectivity index (χ0v) is 8.40. The van der Waals surface area contributed by atoms with Crippen molar-refractivity contribution >= 4 is 11.3 Å². The maximum absolute atomic E-state index is 9.33. The lowest BCUT2D eigenvalue weighted by Gasteiger charge is -2.05. The zero-order chi connectivity index (χ0) is 9.90. The summed E-state index contributed by atoms with van der Waals surface area (Å²) in [6, 6.07) is 3.71. The molecule has 0 atom stereocenters. The van der Waals surface area contributed by atoms with Gasteiger partial charge in [-0.2, -0.15) is 0 Å². The molecule has 0 aliphatic rings. The maximum Gasteiger partial charge on any atom is 0.120 e. The zero-order valence-electron chi connectivity index (χ0n) is 7.59. The van der Waals surface area contributed by atoms with E-state index >= 15 is 0 Å². The van der Waals surface area contributed by atoms with Gasteiger partial charge in [-0.05, 0) is 26.0 Å². The van der Waals surface area contributed by atoms with Crippen LogP contribution >= 0.6 is 11.3 Å². The van der Waals surface area contributed by atoms with Crippen molar-refractivity contribution in [3.05, 3.63) is 21.9 Å². The van der Waals surface area contributed by atoms with Gasteiger partial charge in [0.1, 0.15) is 5.60 Å². The third-order valence-electron chi connectivity index (χ3n) is 1.24. The van der Waals surface area contributed by atoms with Crippen LogP contribution in [0, 0.1) is 24.2 Å². The minimum absolute atomic E-state index is 0.861. The van der Waals surface area contributed by atoms with Crippen LogP contribution in [0.15, 0.2) is 12.1 Å². The van der Waals surface area contributed by atoms with Crippen molar-refractivity contribution in [2.75, 3.05) is 0 Å². The van der Waals surface area contributed by atoms with Gasteiger partial charge in [0.2, 0.25) is 0 Å². The highest BCUT2D eigenvalue weighted by atomic mass is 32.1. The van der Waals surface area contributed by atoms with Crippen LogP contribution in [0.5, 0.6) is 0 Å². The summed E-state index contributed by atoms with van der Waals surface area (Å²) in [5.41, 5.74) is -0.944. The summed E-state index contributed by atoms with van der Waals surface area (Å²) in [7, 11) is 0. The van der Waals surface area contributed by atoms with Gasteiger partial charge in [0.15, 0.2) is 0 Å². The topological polar surface area (TPSA) is 20.2 Å². The van der Waals surface area contributed by atoms with E-state index < -0.39 is 5.60 Å². The van der Waals surface area contributed by atoms with Crippen LogP contribution < -0.4 is 0 Å². The highest BCUT2D eigenvalue weighted by Crippen LogP contribution is 2.14. The van der Waals surface area contributed by atoms with Crippen molar-refractivity contribution < 1.29 is 5.11 Å². The second-order valence-electron chi connectivity index (χ2n) is 3.12. The minimum Gasteiger partial charge on any atom is -0.378 e. The summed E-state index contributed by atoms with van der Waals surface area (Å²) >= 11 is 1.45. The number of rotatable bonds is 0. The van der Waals surface area contributed by atoms with Gasteiger partial charge in [0.25, 0.3) is 0 Å². The van der Waals surface area contributed by atoms with E-state index in [1.54, 1.807) is 13.8 Å². The van der Waals surface area contributed by atoms with Gasteiger partial charge >= 0.3 is 0 Å². The highest BCUT2D eigenvalue weighted by molar-refractivity contribution is 7.13. The molecule has 0 radical (unpaired) electrons. The first-order chi connectivity index (χ1) is 6.01. The normalized spacial score (nSPS) is 10.0. The molecule has 0 bridgehead atoms. The Labute approximate surface area is 82.4 Å². The predicted octanol–water partition coefficient (Wildman–Crippen LogP) is 1.85. The highest BCUT2D eigenvalue weighted by Gasteiger charge is 2.05. The molecule has 1 N–H and O–H groups in total. The summed E-state index contributed by atoms with van der Waals surface area (Å²) in [6.45, 7) is 3.30. The summed E-state index contributed by atoms with van der Waals surface area (Å²) in [4.78, 5) is 1.75. The van der Waals surface area contributed by atoms with Crippen molar-refractivity contribution in [1.29, 1.82) is 0 Å². The van der Waals surface area contributed by atoms with E-state index in [0.29, 0.717) is 0 Å². The van der Waals surface area contributed by atoms with E-state index in [2.05, 4.69) is 17.8 Å². The molecule has 0 spiro atoms. The average Bonchev–Trinajstić information content (AvgIpc) is 2.47. The quantitative estimate of drug-likeness (QED) is 0.619. The molecule has 1 aromatic heterocycles. The fourth-order valence-electron chi connectivity index (χ4n) is 0.697. The van der Waals surface area contributed by atoms with Gasteiger partial charge in [-0.1, -0.05) is 17.8 Å². The van der Waals surface area contributed by atoms with E-state index in [1.807, 2.05) is 12.1 Å². The maximum atomic E-state index is 9.33. The molecule has 1 rings (SSSR count). The minimum atomic E-state index is -0.944. The predicted molar refractivity (Wildman–Crippen MR) is 55.4 cm³/mol. The van der Waals surface area contributed by atoms with Crippen LogP contribution in [0.25, 0.3) is 0 Å². The number of aliphatic hydroxyl groups is 1. The van der Waals surface area contributed by atoms with Crippen LogP contribution in [-0.2, 0) is 0 Å². The van der Waals surface area contributed by atoms with Gasteiger partial charge in [-0.3, -0.25) is 0 Å². The van der Waals surface area contributed by atoms with Crippen molar-refractivity contribution in [2.24, 2.45) is 0 Å². The first-order valence-corrected chi connectivity index (χ1v) is 4.65. The molecule has 0 amide bonds. The first-order valence-electron chi connectivity index (χ1n) is 3.83. The summed E-state index contributed by atoms with van der Waals surface area (Å²) in [5, 5.41) is 9.33. The fraction of sp³-hybridized carbons (Fsp3) is 0.273. The first kappa shape index (κ1) is 9.86. The molecule has 0 unspecified atom stereocenters. The Morgan fingerprint density at radius 2 is 2.00 bits per heavy atom. The molecule has 66 valence electrons. The van der Waals surface area contributed by atoms with E-state index in [0.717, 1.165) is 9.75 Å². The third kappa shape index (κ3) is 3.34. The van der Waals surface area contributed by atoms with Crippen LogP contribution in [0.1, 0.15) is 23.6 Å². The Hall–Kier alpha value is -1.22. The van der Waals surface area contributed by atoms with E-state index in [9.17, 15) is 5.11 Å².